The minimum atomic E-state index is 0.652. The molecule has 2 aromatic rings. The van der Waals surface area contributed by atoms with Crippen molar-refractivity contribution >= 4 is 0 Å². The van der Waals surface area contributed by atoms with Crippen LogP contribution in [0.4, 0.5) is 0 Å². The molecule has 0 unspecified atom stereocenters. The first-order valence-corrected chi connectivity index (χ1v) is 6.65. The van der Waals surface area contributed by atoms with Gasteiger partial charge in [-0.25, -0.2) is 4.98 Å². The lowest BCUT2D eigenvalue weighted by Gasteiger charge is -2.24. The minimum Gasteiger partial charge on any atom is -0.336 e. The Labute approximate surface area is 108 Å². The number of hydrogen-bond donors (Lipinski definition) is 0. The van der Waals surface area contributed by atoms with Crippen LogP contribution in [-0.4, -0.2) is 27.0 Å². The molecule has 1 aliphatic heterocycles. The van der Waals surface area contributed by atoms with E-state index in [1.807, 2.05) is 12.5 Å². The van der Waals surface area contributed by atoms with Gasteiger partial charge in [-0.2, -0.15) is 0 Å². The molecule has 0 spiro atoms. The molecular weight excluding hydrogens is 222 g/mol. The van der Waals surface area contributed by atoms with Crippen molar-refractivity contribution in [2.24, 2.45) is 0 Å². The summed E-state index contributed by atoms with van der Waals surface area (Å²) in [7, 11) is 0. The standard InChI is InChI=1S/C15H19N3/c1-2-5-14(6-3-1)11-18-9-4-7-15(18)12-17-10-8-16-13-17/h1-3,5-6,8,10,13,15H,4,7,9,11-12H2/t15-/m0/s1. The lowest BCUT2D eigenvalue weighted by molar-refractivity contribution is 0.224. The van der Waals surface area contributed by atoms with Gasteiger partial charge >= 0.3 is 0 Å². The summed E-state index contributed by atoms with van der Waals surface area (Å²) in [5.41, 5.74) is 1.41. The van der Waals surface area contributed by atoms with E-state index in [-0.39, 0.29) is 0 Å². The first kappa shape index (κ1) is 11.5. The summed E-state index contributed by atoms with van der Waals surface area (Å²) in [6.45, 7) is 3.35. The highest BCUT2D eigenvalue weighted by molar-refractivity contribution is 5.14. The van der Waals surface area contributed by atoms with Crippen molar-refractivity contribution in [2.45, 2.75) is 32.0 Å². The first-order chi connectivity index (χ1) is 8.92. The summed E-state index contributed by atoms with van der Waals surface area (Å²) >= 11 is 0. The van der Waals surface area contributed by atoms with Crippen molar-refractivity contribution < 1.29 is 0 Å². The normalized spacial score (nSPS) is 20.3. The minimum absolute atomic E-state index is 0.652. The number of benzene rings is 1. The van der Waals surface area contributed by atoms with Crippen LogP contribution in [0, 0.1) is 0 Å². The number of imidazole rings is 1. The fourth-order valence-electron chi connectivity index (χ4n) is 2.77. The van der Waals surface area contributed by atoms with E-state index in [2.05, 4.69) is 51.0 Å². The molecular formula is C15H19N3. The van der Waals surface area contributed by atoms with Crippen LogP contribution < -0.4 is 0 Å². The van der Waals surface area contributed by atoms with Gasteiger partial charge in [0.1, 0.15) is 0 Å². The molecule has 1 atom stereocenters. The van der Waals surface area contributed by atoms with Crippen molar-refractivity contribution in [3.8, 4) is 0 Å². The third-order valence-electron chi connectivity index (χ3n) is 3.71. The van der Waals surface area contributed by atoms with Crippen LogP contribution >= 0.6 is 0 Å². The zero-order valence-electron chi connectivity index (χ0n) is 10.6. The molecule has 3 heteroatoms. The van der Waals surface area contributed by atoms with Gasteiger partial charge in [0.05, 0.1) is 6.33 Å². The Kier molecular flexibility index (Phi) is 3.42. The van der Waals surface area contributed by atoms with Gasteiger partial charge in [-0.05, 0) is 24.9 Å². The van der Waals surface area contributed by atoms with E-state index in [4.69, 9.17) is 0 Å². The maximum absolute atomic E-state index is 4.12. The smallest absolute Gasteiger partial charge is 0.0946 e. The van der Waals surface area contributed by atoms with E-state index in [1.54, 1.807) is 0 Å². The van der Waals surface area contributed by atoms with Crippen molar-refractivity contribution in [1.82, 2.24) is 14.5 Å². The van der Waals surface area contributed by atoms with Crippen LogP contribution in [-0.2, 0) is 13.1 Å². The van der Waals surface area contributed by atoms with Crippen LogP contribution in [0.1, 0.15) is 18.4 Å². The Morgan fingerprint density at radius 2 is 2.11 bits per heavy atom. The van der Waals surface area contributed by atoms with E-state index < -0.39 is 0 Å². The predicted molar refractivity (Wildman–Crippen MR) is 72.1 cm³/mol. The van der Waals surface area contributed by atoms with Crippen molar-refractivity contribution in [3.05, 3.63) is 54.6 Å². The molecule has 18 heavy (non-hydrogen) atoms. The fourth-order valence-corrected chi connectivity index (χ4v) is 2.77. The summed E-state index contributed by atoms with van der Waals surface area (Å²) in [5.74, 6) is 0. The van der Waals surface area contributed by atoms with E-state index in [1.165, 1.54) is 24.9 Å². The second-order valence-electron chi connectivity index (χ2n) is 5.01. The van der Waals surface area contributed by atoms with E-state index in [9.17, 15) is 0 Å². The lowest BCUT2D eigenvalue weighted by atomic mass is 10.2. The highest BCUT2D eigenvalue weighted by Gasteiger charge is 2.24. The summed E-state index contributed by atoms with van der Waals surface area (Å²) in [6.07, 6.45) is 8.44. The third-order valence-corrected chi connectivity index (χ3v) is 3.71. The average molecular weight is 241 g/mol. The average Bonchev–Trinajstić information content (AvgIpc) is 3.04. The predicted octanol–water partition coefficient (Wildman–Crippen LogP) is 2.55. The van der Waals surface area contributed by atoms with Crippen LogP contribution in [0.3, 0.4) is 0 Å². The molecule has 0 saturated carbocycles. The quantitative estimate of drug-likeness (QED) is 0.820. The van der Waals surface area contributed by atoms with Gasteiger partial charge in [-0.3, -0.25) is 4.90 Å². The molecule has 1 aromatic heterocycles. The highest BCUT2D eigenvalue weighted by Crippen LogP contribution is 2.21. The molecule has 0 aliphatic carbocycles. The van der Waals surface area contributed by atoms with E-state index >= 15 is 0 Å². The van der Waals surface area contributed by atoms with E-state index in [0.29, 0.717) is 6.04 Å². The van der Waals surface area contributed by atoms with E-state index in [0.717, 1.165) is 13.1 Å². The molecule has 1 saturated heterocycles. The van der Waals surface area contributed by atoms with Gasteiger partial charge in [-0.1, -0.05) is 30.3 Å². The van der Waals surface area contributed by atoms with Crippen molar-refractivity contribution in [1.29, 1.82) is 0 Å². The van der Waals surface area contributed by atoms with Gasteiger partial charge in [0, 0.05) is 31.5 Å². The summed E-state index contributed by atoms with van der Waals surface area (Å²) in [6, 6.07) is 11.4. The lowest BCUT2D eigenvalue weighted by Crippen LogP contribution is -2.32. The molecule has 0 N–H and O–H groups in total. The second-order valence-corrected chi connectivity index (χ2v) is 5.01. The molecule has 94 valence electrons. The molecule has 1 aliphatic rings. The first-order valence-electron chi connectivity index (χ1n) is 6.65. The van der Waals surface area contributed by atoms with Gasteiger partial charge in [0.25, 0.3) is 0 Å². The molecule has 2 heterocycles. The fraction of sp³-hybridized carbons (Fsp3) is 0.400. The Hall–Kier alpha value is -1.61. The number of hydrogen-bond acceptors (Lipinski definition) is 2. The highest BCUT2D eigenvalue weighted by atomic mass is 15.2. The van der Waals surface area contributed by atoms with Crippen LogP contribution in [0.15, 0.2) is 49.1 Å². The Bertz CT molecular complexity index is 464. The molecule has 0 radical (unpaired) electrons. The Morgan fingerprint density at radius 1 is 1.22 bits per heavy atom. The van der Waals surface area contributed by atoms with Gasteiger partial charge in [0.15, 0.2) is 0 Å². The van der Waals surface area contributed by atoms with Crippen molar-refractivity contribution in [2.75, 3.05) is 6.54 Å². The maximum atomic E-state index is 4.12. The number of nitrogens with zero attached hydrogens (tertiary/aromatic N) is 3. The third kappa shape index (κ3) is 2.62. The Balaban J connectivity index is 1.64. The molecule has 0 bridgehead atoms. The van der Waals surface area contributed by atoms with Gasteiger partial charge < -0.3 is 4.57 Å². The van der Waals surface area contributed by atoms with Crippen LogP contribution in [0.25, 0.3) is 0 Å². The largest absolute Gasteiger partial charge is 0.336 e. The zero-order chi connectivity index (χ0) is 12.2. The monoisotopic (exact) mass is 241 g/mol. The summed E-state index contributed by atoms with van der Waals surface area (Å²) in [5, 5.41) is 0. The molecule has 3 nitrogen and oxygen atoms in total. The van der Waals surface area contributed by atoms with Crippen LogP contribution in [0.2, 0.25) is 0 Å². The van der Waals surface area contributed by atoms with Gasteiger partial charge in [-0.15, -0.1) is 0 Å². The van der Waals surface area contributed by atoms with Gasteiger partial charge in [0.2, 0.25) is 0 Å². The Morgan fingerprint density at radius 3 is 2.89 bits per heavy atom. The zero-order valence-corrected chi connectivity index (χ0v) is 10.6. The molecule has 0 amide bonds. The topological polar surface area (TPSA) is 21.1 Å². The van der Waals surface area contributed by atoms with Crippen molar-refractivity contribution in [3.63, 3.8) is 0 Å². The number of aromatic nitrogens is 2. The summed E-state index contributed by atoms with van der Waals surface area (Å²) < 4.78 is 2.19. The molecule has 3 rings (SSSR count). The number of rotatable bonds is 4. The second kappa shape index (κ2) is 5.36. The molecule has 1 fully saturated rings. The number of likely N-dealkylation sites (tertiary alicyclic amines) is 1. The SMILES string of the molecule is c1ccc(CN2CCC[C@H]2Cn2ccnc2)cc1. The summed E-state index contributed by atoms with van der Waals surface area (Å²) in [4.78, 5) is 6.71. The van der Waals surface area contributed by atoms with Crippen LogP contribution in [0.5, 0.6) is 0 Å². The maximum Gasteiger partial charge on any atom is 0.0946 e. The molecule has 1 aromatic carbocycles.